The Morgan fingerprint density at radius 1 is 1.13 bits per heavy atom. The molecule has 0 aromatic carbocycles. The highest BCUT2D eigenvalue weighted by Crippen LogP contribution is 2.14. The van der Waals surface area contributed by atoms with Gasteiger partial charge in [0.2, 0.25) is 0 Å². The van der Waals surface area contributed by atoms with Crippen molar-refractivity contribution in [3.05, 3.63) is 0 Å². The van der Waals surface area contributed by atoms with Gasteiger partial charge in [-0.25, -0.2) is 0 Å². The molecule has 0 spiro atoms. The fourth-order valence-corrected chi connectivity index (χ4v) is 2.71. The summed E-state index contributed by atoms with van der Waals surface area (Å²) in [6.07, 6.45) is 11.0. The van der Waals surface area contributed by atoms with E-state index in [1.54, 1.807) is 0 Å². The molecule has 1 aliphatic heterocycles. The van der Waals surface area contributed by atoms with E-state index < -0.39 is 0 Å². The Morgan fingerprint density at radius 2 is 1.87 bits per heavy atom. The molecule has 0 aromatic heterocycles. The van der Waals surface area contributed by atoms with Gasteiger partial charge in [-0.2, -0.15) is 0 Å². The van der Waals surface area contributed by atoms with Crippen molar-refractivity contribution in [1.29, 1.82) is 0 Å². The number of hydrogen-bond acceptors (Lipinski definition) is 3. The fourth-order valence-electron chi connectivity index (χ4n) is 2.71. The van der Waals surface area contributed by atoms with Gasteiger partial charge in [-0.05, 0) is 31.6 Å². The van der Waals surface area contributed by atoms with Crippen molar-refractivity contribution in [2.45, 2.75) is 64.7 Å². The maximum Gasteiger partial charge on any atom is 0.188 e. The minimum Gasteiger partial charge on any atom is -0.381 e. The van der Waals surface area contributed by atoms with E-state index in [0.717, 1.165) is 58.8 Å². The second-order valence-electron chi connectivity index (χ2n) is 6.45. The lowest BCUT2D eigenvalue weighted by Gasteiger charge is -2.21. The monoisotopic (exact) mass is 327 g/mol. The normalized spacial score (nSPS) is 16.7. The van der Waals surface area contributed by atoms with Crippen LogP contribution in [0.5, 0.6) is 0 Å². The Labute approximate surface area is 142 Å². The van der Waals surface area contributed by atoms with Gasteiger partial charge in [0.1, 0.15) is 0 Å². The maximum absolute atomic E-state index is 5.85. The molecule has 5 nitrogen and oxygen atoms in total. The molecule has 0 radical (unpaired) electrons. The summed E-state index contributed by atoms with van der Waals surface area (Å²) in [5.41, 5.74) is 5.85. The minimum absolute atomic E-state index is 0.572. The highest BCUT2D eigenvalue weighted by molar-refractivity contribution is 5.77. The Bertz CT molecular complexity index is 292. The van der Waals surface area contributed by atoms with Gasteiger partial charge in [-0.3, -0.25) is 4.99 Å². The van der Waals surface area contributed by atoms with Crippen LogP contribution in [-0.4, -0.2) is 45.5 Å². The molecule has 0 bridgehead atoms. The van der Waals surface area contributed by atoms with Crippen LogP contribution in [0.1, 0.15) is 64.7 Å². The van der Waals surface area contributed by atoms with Crippen molar-refractivity contribution in [1.82, 2.24) is 5.32 Å². The number of nitrogens with zero attached hydrogens (tertiary/aromatic N) is 1. The number of ether oxygens (including phenoxy) is 2. The summed E-state index contributed by atoms with van der Waals surface area (Å²) in [6, 6.07) is 0. The number of nitrogens with two attached hydrogens (primary N) is 1. The minimum atomic E-state index is 0.572. The third-order valence-corrected chi connectivity index (χ3v) is 4.26. The second-order valence-corrected chi connectivity index (χ2v) is 6.45. The summed E-state index contributed by atoms with van der Waals surface area (Å²) >= 11 is 0. The van der Waals surface area contributed by atoms with Crippen LogP contribution in [0.4, 0.5) is 0 Å². The summed E-state index contributed by atoms with van der Waals surface area (Å²) < 4.78 is 11.1. The molecule has 0 atom stereocenters. The zero-order valence-corrected chi connectivity index (χ0v) is 15.0. The third-order valence-electron chi connectivity index (χ3n) is 4.26. The lowest BCUT2D eigenvalue weighted by Crippen LogP contribution is -2.32. The van der Waals surface area contributed by atoms with Gasteiger partial charge in [0.15, 0.2) is 5.96 Å². The van der Waals surface area contributed by atoms with Crippen LogP contribution in [0.15, 0.2) is 4.99 Å². The molecule has 0 saturated carbocycles. The number of hydrogen-bond donors (Lipinski definition) is 2. The van der Waals surface area contributed by atoms with Crippen molar-refractivity contribution in [2.24, 2.45) is 16.6 Å². The molecule has 0 aliphatic carbocycles. The molecule has 3 N–H and O–H groups in total. The molecule has 0 unspecified atom stereocenters. The molecule has 1 aliphatic rings. The van der Waals surface area contributed by atoms with Crippen molar-refractivity contribution in [3.63, 3.8) is 0 Å². The number of rotatable bonds is 13. The van der Waals surface area contributed by atoms with Crippen molar-refractivity contribution in [3.8, 4) is 0 Å². The Morgan fingerprint density at radius 3 is 2.65 bits per heavy atom. The SMILES string of the molecule is CCCCCCCCNC(N)=NCCCOCC1CCOCC1. The van der Waals surface area contributed by atoms with Gasteiger partial charge < -0.3 is 20.5 Å². The number of aliphatic imine (C=N–C) groups is 1. The number of nitrogens with one attached hydrogen (secondary N) is 1. The maximum atomic E-state index is 5.85. The largest absolute Gasteiger partial charge is 0.381 e. The van der Waals surface area contributed by atoms with Crippen LogP contribution in [-0.2, 0) is 9.47 Å². The molecule has 136 valence electrons. The molecule has 1 heterocycles. The van der Waals surface area contributed by atoms with Crippen LogP contribution in [0.2, 0.25) is 0 Å². The summed E-state index contributed by atoms with van der Waals surface area (Å²) in [5.74, 6) is 1.25. The van der Waals surface area contributed by atoms with Crippen LogP contribution in [0, 0.1) is 5.92 Å². The summed E-state index contributed by atoms with van der Waals surface area (Å²) in [5, 5.41) is 3.19. The molecular formula is C18H37N3O2. The Kier molecular flexibility index (Phi) is 13.0. The number of unbranched alkanes of at least 4 members (excludes halogenated alkanes) is 5. The van der Waals surface area contributed by atoms with Gasteiger partial charge in [0.25, 0.3) is 0 Å². The van der Waals surface area contributed by atoms with Gasteiger partial charge in [-0.15, -0.1) is 0 Å². The van der Waals surface area contributed by atoms with E-state index in [4.69, 9.17) is 15.2 Å². The van der Waals surface area contributed by atoms with E-state index in [2.05, 4.69) is 17.2 Å². The van der Waals surface area contributed by atoms with Gasteiger partial charge >= 0.3 is 0 Å². The molecule has 5 heteroatoms. The predicted molar refractivity (Wildman–Crippen MR) is 96.8 cm³/mol. The van der Waals surface area contributed by atoms with E-state index in [9.17, 15) is 0 Å². The molecular weight excluding hydrogens is 290 g/mol. The smallest absolute Gasteiger partial charge is 0.188 e. The molecule has 23 heavy (non-hydrogen) atoms. The molecule has 1 rings (SSSR count). The van der Waals surface area contributed by atoms with Crippen LogP contribution in [0.25, 0.3) is 0 Å². The van der Waals surface area contributed by atoms with Crippen LogP contribution < -0.4 is 11.1 Å². The zero-order valence-electron chi connectivity index (χ0n) is 15.0. The van der Waals surface area contributed by atoms with E-state index in [1.807, 2.05) is 0 Å². The van der Waals surface area contributed by atoms with E-state index in [1.165, 1.54) is 38.5 Å². The van der Waals surface area contributed by atoms with Gasteiger partial charge in [0.05, 0.1) is 0 Å². The highest BCUT2D eigenvalue weighted by Gasteiger charge is 2.13. The lowest BCUT2D eigenvalue weighted by atomic mass is 10.0. The second kappa shape index (κ2) is 14.8. The lowest BCUT2D eigenvalue weighted by molar-refractivity contribution is 0.0205. The molecule has 1 fully saturated rings. The first-order valence-electron chi connectivity index (χ1n) is 9.52. The van der Waals surface area contributed by atoms with Crippen LogP contribution in [0.3, 0.4) is 0 Å². The molecule has 0 amide bonds. The Balaban J connectivity index is 1.85. The first-order chi connectivity index (χ1) is 11.3. The summed E-state index contributed by atoms with van der Waals surface area (Å²) in [6.45, 7) is 7.32. The van der Waals surface area contributed by atoms with E-state index in [0.29, 0.717) is 11.9 Å². The molecule has 0 aromatic rings. The van der Waals surface area contributed by atoms with Crippen molar-refractivity contribution >= 4 is 5.96 Å². The van der Waals surface area contributed by atoms with Gasteiger partial charge in [0, 0.05) is 39.5 Å². The third kappa shape index (κ3) is 12.3. The van der Waals surface area contributed by atoms with Crippen molar-refractivity contribution in [2.75, 3.05) is 39.5 Å². The van der Waals surface area contributed by atoms with Gasteiger partial charge in [-0.1, -0.05) is 39.0 Å². The predicted octanol–water partition coefficient (Wildman–Crippen LogP) is 3.08. The summed E-state index contributed by atoms with van der Waals surface area (Å²) in [7, 11) is 0. The zero-order chi connectivity index (χ0) is 16.6. The topological polar surface area (TPSA) is 68.9 Å². The number of guanidine groups is 1. The first kappa shape index (κ1) is 20.2. The molecule has 1 saturated heterocycles. The fraction of sp³-hybridized carbons (Fsp3) is 0.944. The quantitative estimate of drug-likeness (QED) is 0.310. The average Bonchev–Trinajstić information content (AvgIpc) is 2.58. The summed E-state index contributed by atoms with van der Waals surface area (Å²) in [4.78, 5) is 4.34. The van der Waals surface area contributed by atoms with Crippen molar-refractivity contribution < 1.29 is 9.47 Å². The highest BCUT2D eigenvalue weighted by atomic mass is 16.5. The van der Waals surface area contributed by atoms with Crippen LogP contribution >= 0.6 is 0 Å². The average molecular weight is 328 g/mol. The standard InChI is InChI=1S/C18H37N3O2/c1-2-3-4-5-6-7-11-20-18(19)21-12-8-13-23-16-17-9-14-22-15-10-17/h17H,2-16H2,1H3,(H3,19,20,21). The Hall–Kier alpha value is -0.810. The van der Waals surface area contributed by atoms with E-state index >= 15 is 0 Å². The first-order valence-corrected chi connectivity index (χ1v) is 9.52. The van der Waals surface area contributed by atoms with E-state index in [-0.39, 0.29) is 0 Å².